The standard InChI is InChI=1S/C31H45N3O4S/c1-33(2)30(20-17-25-10-5-3-6-11-25)27-18-15-26(16-19-27)22-32-31(35)24-38-28-12-9-21-34(23-28)39(36,37)29-13-7-4-8-14-29/h3-8,10-11,13-14,26-28,30H,9,12,15-24H2,1-2H3,(H,32,35). The van der Waals surface area contributed by atoms with E-state index in [9.17, 15) is 13.2 Å². The number of sulfonamides is 1. The van der Waals surface area contributed by atoms with E-state index in [1.807, 2.05) is 0 Å². The molecule has 39 heavy (non-hydrogen) atoms. The number of amides is 1. The summed E-state index contributed by atoms with van der Waals surface area (Å²) in [4.78, 5) is 15.2. The van der Waals surface area contributed by atoms with Gasteiger partial charge in [-0.2, -0.15) is 4.31 Å². The lowest BCUT2D eigenvalue weighted by atomic mass is 9.76. The van der Waals surface area contributed by atoms with Crippen LogP contribution in [0.4, 0.5) is 0 Å². The molecule has 0 spiro atoms. The molecule has 2 aromatic rings. The summed E-state index contributed by atoms with van der Waals surface area (Å²) in [5.74, 6) is 1.08. The van der Waals surface area contributed by atoms with Crippen molar-refractivity contribution in [3.05, 3.63) is 66.2 Å². The van der Waals surface area contributed by atoms with E-state index in [0.29, 0.717) is 35.9 Å². The molecule has 2 atom stereocenters. The molecule has 2 aromatic carbocycles. The zero-order valence-corrected chi connectivity index (χ0v) is 24.3. The second kappa shape index (κ2) is 14.4. The molecule has 1 N–H and O–H groups in total. The fraction of sp³-hybridized carbons (Fsp3) is 0.581. The van der Waals surface area contributed by atoms with Crippen molar-refractivity contribution in [3.63, 3.8) is 0 Å². The number of rotatable bonds is 12. The van der Waals surface area contributed by atoms with E-state index in [1.165, 1.54) is 29.1 Å². The Morgan fingerprint density at radius 2 is 1.67 bits per heavy atom. The molecule has 1 aliphatic heterocycles. The number of ether oxygens (including phenoxy) is 1. The van der Waals surface area contributed by atoms with Crippen LogP contribution in [0.25, 0.3) is 0 Å². The summed E-state index contributed by atoms with van der Waals surface area (Å²) in [7, 11) is 0.855. The van der Waals surface area contributed by atoms with Crippen LogP contribution in [0.15, 0.2) is 65.6 Å². The monoisotopic (exact) mass is 555 g/mol. The van der Waals surface area contributed by atoms with E-state index in [0.717, 1.165) is 32.1 Å². The maximum Gasteiger partial charge on any atom is 0.246 e. The van der Waals surface area contributed by atoms with Gasteiger partial charge in [0.25, 0.3) is 0 Å². The molecule has 214 valence electrons. The zero-order valence-electron chi connectivity index (χ0n) is 23.5. The number of hydrogen-bond donors (Lipinski definition) is 1. The fourth-order valence-electron chi connectivity index (χ4n) is 6.16. The predicted molar refractivity (Wildman–Crippen MR) is 155 cm³/mol. The highest BCUT2D eigenvalue weighted by molar-refractivity contribution is 7.89. The molecule has 1 aliphatic carbocycles. The summed E-state index contributed by atoms with van der Waals surface area (Å²) in [6, 6.07) is 19.8. The molecular formula is C31H45N3O4S. The molecule has 0 radical (unpaired) electrons. The smallest absolute Gasteiger partial charge is 0.246 e. The van der Waals surface area contributed by atoms with Crippen molar-refractivity contribution in [2.24, 2.45) is 11.8 Å². The van der Waals surface area contributed by atoms with E-state index in [1.54, 1.807) is 30.3 Å². The van der Waals surface area contributed by atoms with Gasteiger partial charge in [0, 0.05) is 25.7 Å². The Balaban J connectivity index is 1.15. The molecule has 1 heterocycles. The van der Waals surface area contributed by atoms with Crippen LogP contribution in [-0.4, -0.2) is 76.0 Å². The quantitative estimate of drug-likeness (QED) is 0.422. The normalized spacial score (nSPS) is 23.4. The average molecular weight is 556 g/mol. The Labute approximate surface area is 235 Å². The first kappa shape index (κ1) is 29.7. The Kier molecular flexibility index (Phi) is 11.0. The van der Waals surface area contributed by atoms with Crippen LogP contribution in [0.2, 0.25) is 0 Å². The third kappa shape index (κ3) is 8.61. The minimum atomic E-state index is -3.54. The number of carbonyl (C=O) groups excluding carboxylic acids is 1. The van der Waals surface area contributed by atoms with Crippen LogP contribution >= 0.6 is 0 Å². The Morgan fingerprint density at radius 1 is 1.00 bits per heavy atom. The van der Waals surface area contributed by atoms with Crippen molar-refractivity contribution in [2.75, 3.05) is 40.3 Å². The molecule has 0 aromatic heterocycles. The van der Waals surface area contributed by atoms with E-state index < -0.39 is 10.0 Å². The van der Waals surface area contributed by atoms with Crippen molar-refractivity contribution >= 4 is 15.9 Å². The van der Waals surface area contributed by atoms with Crippen molar-refractivity contribution in [3.8, 4) is 0 Å². The number of aryl methyl sites for hydroxylation is 1. The van der Waals surface area contributed by atoms with Gasteiger partial charge in [-0.1, -0.05) is 48.5 Å². The number of nitrogens with zero attached hydrogens (tertiary/aromatic N) is 2. The van der Waals surface area contributed by atoms with Gasteiger partial charge in [0.1, 0.15) is 6.61 Å². The summed E-state index contributed by atoms with van der Waals surface area (Å²) in [5.41, 5.74) is 1.40. The number of hydrogen-bond acceptors (Lipinski definition) is 5. The lowest BCUT2D eigenvalue weighted by Gasteiger charge is -2.37. The molecule has 2 fully saturated rings. The molecule has 1 saturated carbocycles. The predicted octanol–water partition coefficient (Wildman–Crippen LogP) is 4.34. The van der Waals surface area contributed by atoms with Gasteiger partial charge in [-0.25, -0.2) is 8.42 Å². The lowest BCUT2D eigenvalue weighted by Crippen LogP contribution is -2.44. The molecule has 0 bridgehead atoms. The number of carbonyl (C=O) groups is 1. The number of piperidine rings is 1. The Bertz CT molecular complexity index is 1120. The SMILES string of the molecule is CN(C)C(CCc1ccccc1)C1CCC(CNC(=O)COC2CCCN(S(=O)(=O)c3ccccc3)C2)CC1. The molecule has 1 amide bonds. The van der Waals surface area contributed by atoms with Crippen LogP contribution in [0.5, 0.6) is 0 Å². The molecule has 4 rings (SSSR count). The van der Waals surface area contributed by atoms with E-state index in [-0.39, 0.29) is 25.2 Å². The maximum atomic E-state index is 12.9. The van der Waals surface area contributed by atoms with Crippen molar-refractivity contribution in [2.45, 2.75) is 68.4 Å². The lowest BCUT2D eigenvalue weighted by molar-refractivity contribution is -0.128. The summed E-state index contributed by atoms with van der Waals surface area (Å²) in [6.07, 6.45) is 8.16. The van der Waals surface area contributed by atoms with Gasteiger partial charge >= 0.3 is 0 Å². The van der Waals surface area contributed by atoms with Gasteiger partial charge in [-0.05, 0) is 95.0 Å². The Morgan fingerprint density at radius 3 is 2.33 bits per heavy atom. The highest BCUT2D eigenvalue weighted by Gasteiger charge is 2.31. The van der Waals surface area contributed by atoms with E-state index in [4.69, 9.17) is 4.74 Å². The van der Waals surface area contributed by atoms with E-state index in [2.05, 4.69) is 54.6 Å². The van der Waals surface area contributed by atoms with Crippen molar-refractivity contribution in [1.29, 1.82) is 0 Å². The highest BCUT2D eigenvalue weighted by Crippen LogP contribution is 2.33. The summed E-state index contributed by atoms with van der Waals surface area (Å²) >= 11 is 0. The third-order valence-corrected chi connectivity index (χ3v) is 10.3. The summed E-state index contributed by atoms with van der Waals surface area (Å²) in [6.45, 7) is 1.42. The molecule has 8 heteroatoms. The minimum Gasteiger partial charge on any atom is -0.367 e. The van der Waals surface area contributed by atoms with Crippen molar-refractivity contribution < 1.29 is 17.9 Å². The van der Waals surface area contributed by atoms with Crippen LogP contribution in [0.3, 0.4) is 0 Å². The van der Waals surface area contributed by atoms with Crippen LogP contribution in [0, 0.1) is 11.8 Å². The summed E-state index contributed by atoms with van der Waals surface area (Å²) in [5, 5.41) is 3.07. The third-order valence-electron chi connectivity index (χ3n) is 8.43. The number of benzene rings is 2. The molecule has 1 saturated heterocycles. The highest BCUT2D eigenvalue weighted by atomic mass is 32.2. The van der Waals surface area contributed by atoms with Crippen molar-refractivity contribution in [1.82, 2.24) is 14.5 Å². The van der Waals surface area contributed by atoms with Gasteiger partial charge in [-0.3, -0.25) is 4.79 Å². The van der Waals surface area contributed by atoms with Gasteiger partial charge in [0.05, 0.1) is 11.0 Å². The molecule has 2 aliphatic rings. The molecule has 2 unspecified atom stereocenters. The largest absolute Gasteiger partial charge is 0.367 e. The van der Waals surface area contributed by atoms with Gasteiger partial charge in [-0.15, -0.1) is 0 Å². The average Bonchev–Trinajstić information content (AvgIpc) is 2.96. The van der Waals surface area contributed by atoms with Gasteiger partial charge in [0.2, 0.25) is 15.9 Å². The maximum absolute atomic E-state index is 12.9. The van der Waals surface area contributed by atoms with Gasteiger partial charge in [0.15, 0.2) is 0 Å². The Hall–Kier alpha value is -2.26. The molecular weight excluding hydrogens is 510 g/mol. The van der Waals surface area contributed by atoms with Crippen LogP contribution < -0.4 is 5.32 Å². The summed E-state index contributed by atoms with van der Waals surface area (Å²) < 4.78 is 33.2. The topological polar surface area (TPSA) is 79.0 Å². The first-order chi connectivity index (χ1) is 18.8. The van der Waals surface area contributed by atoms with Gasteiger partial charge < -0.3 is 15.0 Å². The number of nitrogens with one attached hydrogen (secondary N) is 1. The second-order valence-electron chi connectivity index (χ2n) is 11.4. The van der Waals surface area contributed by atoms with E-state index >= 15 is 0 Å². The minimum absolute atomic E-state index is 0.0264. The fourth-order valence-corrected chi connectivity index (χ4v) is 7.69. The first-order valence-electron chi connectivity index (χ1n) is 14.5. The molecule has 7 nitrogen and oxygen atoms in total. The first-order valence-corrected chi connectivity index (χ1v) is 15.9. The zero-order chi connectivity index (χ0) is 27.7. The van der Waals surface area contributed by atoms with Crippen LogP contribution in [0.1, 0.15) is 50.5 Å². The second-order valence-corrected chi connectivity index (χ2v) is 13.3. The van der Waals surface area contributed by atoms with Crippen LogP contribution in [-0.2, 0) is 26.0 Å².